The van der Waals surface area contributed by atoms with Crippen LogP contribution in [0.25, 0.3) is 5.69 Å². The van der Waals surface area contributed by atoms with Crippen molar-refractivity contribution in [2.24, 2.45) is 0 Å². The van der Waals surface area contributed by atoms with E-state index in [1.54, 1.807) is 35.6 Å². The molecule has 1 amide bonds. The quantitative estimate of drug-likeness (QED) is 0.793. The molecular weight excluding hydrogens is 334 g/mol. The lowest BCUT2D eigenvalue weighted by atomic mass is 10.2. The van der Waals surface area contributed by atoms with Crippen LogP contribution in [0.2, 0.25) is 0 Å². The standard InChI is InChI=1S/C14H10BrN5O/c15-12-5-2-6-16-13(12)14(21)19-10-3-1-4-11(7-10)20-8-17-18-9-20/h1-9H,(H,19,21). The molecule has 0 radical (unpaired) electrons. The van der Waals surface area contributed by atoms with E-state index in [9.17, 15) is 4.79 Å². The van der Waals surface area contributed by atoms with Gasteiger partial charge in [-0.2, -0.15) is 0 Å². The summed E-state index contributed by atoms with van der Waals surface area (Å²) in [6.07, 6.45) is 4.76. The molecule has 21 heavy (non-hydrogen) atoms. The number of nitrogens with one attached hydrogen (secondary N) is 1. The fourth-order valence-corrected chi connectivity index (χ4v) is 2.26. The van der Waals surface area contributed by atoms with Crippen LogP contribution >= 0.6 is 15.9 Å². The minimum Gasteiger partial charge on any atom is -0.321 e. The van der Waals surface area contributed by atoms with Crippen molar-refractivity contribution in [1.29, 1.82) is 0 Å². The highest BCUT2D eigenvalue weighted by Crippen LogP contribution is 2.17. The van der Waals surface area contributed by atoms with Gasteiger partial charge < -0.3 is 5.32 Å². The molecule has 7 heteroatoms. The second kappa shape index (κ2) is 5.84. The summed E-state index contributed by atoms with van der Waals surface area (Å²) < 4.78 is 2.41. The molecule has 2 aromatic heterocycles. The van der Waals surface area contributed by atoms with Gasteiger partial charge in [0.05, 0.1) is 5.69 Å². The fourth-order valence-electron chi connectivity index (χ4n) is 1.82. The zero-order valence-electron chi connectivity index (χ0n) is 10.8. The van der Waals surface area contributed by atoms with Crippen molar-refractivity contribution < 1.29 is 4.79 Å². The summed E-state index contributed by atoms with van der Waals surface area (Å²) in [5, 5.41) is 10.3. The zero-order chi connectivity index (χ0) is 14.7. The van der Waals surface area contributed by atoms with E-state index >= 15 is 0 Å². The molecule has 0 fully saturated rings. The maximum absolute atomic E-state index is 12.2. The zero-order valence-corrected chi connectivity index (χ0v) is 12.4. The van der Waals surface area contributed by atoms with E-state index in [0.29, 0.717) is 15.9 Å². The summed E-state index contributed by atoms with van der Waals surface area (Å²) in [7, 11) is 0. The van der Waals surface area contributed by atoms with Gasteiger partial charge in [0, 0.05) is 16.4 Å². The van der Waals surface area contributed by atoms with Crippen LogP contribution in [0, 0.1) is 0 Å². The molecule has 1 aromatic carbocycles. The lowest BCUT2D eigenvalue weighted by Crippen LogP contribution is -2.14. The number of pyridine rings is 1. The molecule has 1 N–H and O–H groups in total. The van der Waals surface area contributed by atoms with Gasteiger partial charge in [-0.1, -0.05) is 6.07 Å². The molecule has 0 aliphatic rings. The van der Waals surface area contributed by atoms with E-state index in [2.05, 4.69) is 36.4 Å². The summed E-state index contributed by atoms with van der Waals surface area (Å²) in [5.74, 6) is -0.275. The largest absolute Gasteiger partial charge is 0.321 e. The summed E-state index contributed by atoms with van der Waals surface area (Å²) in [6, 6.07) is 10.9. The van der Waals surface area contributed by atoms with Crippen molar-refractivity contribution >= 4 is 27.5 Å². The van der Waals surface area contributed by atoms with Crippen LogP contribution in [0.5, 0.6) is 0 Å². The first-order chi connectivity index (χ1) is 10.2. The van der Waals surface area contributed by atoms with Crippen LogP contribution < -0.4 is 5.32 Å². The Morgan fingerprint density at radius 3 is 2.71 bits per heavy atom. The molecule has 0 spiro atoms. The number of rotatable bonds is 3. The molecule has 0 aliphatic carbocycles. The lowest BCUT2D eigenvalue weighted by molar-refractivity contribution is 0.102. The molecule has 6 nitrogen and oxygen atoms in total. The lowest BCUT2D eigenvalue weighted by Gasteiger charge is -2.08. The number of hydrogen-bond acceptors (Lipinski definition) is 4. The summed E-state index contributed by atoms with van der Waals surface area (Å²) in [5.41, 5.74) is 1.87. The number of aromatic nitrogens is 4. The van der Waals surface area contributed by atoms with Crippen molar-refractivity contribution in [3.05, 3.63) is 65.4 Å². The van der Waals surface area contributed by atoms with Gasteiger partial charge >= 0.3 is 0 Å². The van der Waals surface area contributed by atoms with Crippen LogP contribution in [0.3, 0.4) is 0 Å². The second-order valence-corrected chi connectivity index (χ2v) is 5.06. The molecule has 0 aliphatic heterocycles. The van der Waals surface area contributed by atoms with E-state index in [1.807, 2.05) is 24.3 Å². The van der Waals surface area contributed by atoms with Crippen LogP contribution in [0.15, 0.2) is 59.7 Å². The predicted octanol–water partition coefficient (Wildman–Crippen LogP) is 2.68. The summed E-state index contributed by atoms with van der Waals surface area (Å²) in [6.45, 7) is 0. The minimum absolute atomic E-state index is 0.275. The average Bonchev–Trinajstić information content (AvgIpc) is 3.02. The topological polar surface area (TPSA) is 72.7 Å². The molecule has 3 aromatic rings. The Balaban J connectivity index is 1.84. The molecule has 0 unspecified atom stereocenters. The molecule has 3 rings (SSSR count). The summed E-state index contributed by atoms with van der Waals surface area (Å²) >= 11 is 3.31. The third-order valence-electron chi connectivity index (χ3n) is 2.79. The van der Waals surface area contributed by atoms with E-state index in [4.69, 9.17) is 0 Å². The number of carbonyl (C=O) groups is 1. The number of hydrogen-bond donors (Lipinski definition) is 1. The predicted molar refractivity (Wildman–Crippen MR) is 81.2 cm³/mol. The minimum atomic E-state index is -0.275. The van der Waals surface area contributed by atoms with Gasteiger partial charge in [-0.25, -0.2) is 4.98 Å². The molecule has 0 atom stereocenters. The van der Waals surface area contributed by atoms with Crippen molar-refractivity contribution in [3.8, 4) is 5.69 Å². The smallest absolute Gasteiger partial charge is 0.275 e. The first kappa shape index (κ1) is 13.4. The van der Waals surface area contributed by atoms with Gasteiger partial charge in [0.2, 0.25) is 0 Å². The van der Waals surface area contributed by atoms with E-state index in [0.717, 1.165) is 5.69 Å². The Morgan fingerprint density at radius 1 is 1.14 bits per heavy atom. The van der Waals surface area contributed by atoms with Gasteiger partial charge in [0.25, 0.3) is 5.91 Å². The number of benzene rings is 1. The third-order valence-corrected chi connectivity index (χ3v) is 3.43. The van der Waals surface area contributed by atoms with Crippen molar-refractivity contribution in [2.75, 3.05) is 5.32 Å². The van der Waals surface area contributed by atoms with Crippen molar-refractivity contribution in [1.82, 2.24) is 19.7 Å². The Hall–Kier alpha value is -2.54. The van der Waals surface area contributed by atoms with Crippen LogP contribution in [-0.4, -0.2) is 25.7 Å². The third kappa shape index (κ3) is 2.97. The van der Waals surface area contributed by atoms with Gasteiger partial charge in [-0.15, -0.1) is 10.2 Å². The molecule has 0 saturated carbocycles. The number of anilines is 1. The maximum atomic E-state index is 12.2. The highest BCUT2D eigenvalue weighted by Gasteiger charge is 2.11. The monoisotopic (exact) mass is 343 g/mol. The van der Waals surface area contributed by atoms with E-state index < -0.39 is 0 Å². The molecular formula is C14H10BrN5O. The van der Waals surface area contributed by atoms with Gasteiger partial charge in [-0.3, -0.25) is 9.36 Å². The molecule has 0 saturated heterocycles. The average molecular weight is 344 g/mol. The summed E-state index contributed by atoms with van der Waals surface area (Å²) in [4.78, 5) is 16.3. The SMILES string of the molecule is O=C(Nc1cccc(-n2cnnc2)c1)c1ncccc1Br. The molecule has 0 bridgehead atoms. The van der Waals surface area contributed by atoms with Crippen LogP contribution in [-0.2, 0) is 0 Å². The fraction of sp³-hybridized carbons (Fsp3) is 0. The van der Waals surface area contributed by atoms with Gasteiger partial charge in [-0.05, 0) is 46.3 Å². The normalized spacial score (nSPS) is 10.3. The van der Waals surface area contributed by atoms with Gasteiger partial charge in [0.1, 0.15) is 18.3 Å². The van der Waals surface area contributed by atoms with E-state index in [-0.39, 0.29) is 5.91 Å². The maximum Gasteiger partial charge on any atom is 0.275 e. The number of nitrogens with zero attached hydrogens (tertiary/aromatic N) is 4. The highest BCUT2D eigenvalue weighted by atomic mass is 79.9. The Bertz CT molecular complexity index is 773. The molecule has 104 valence electrons. The number of carbonyl (C=O) groups excluding carboxylic acids is 1. The van der Waals surface area contributed by atoms with Crippen LogP contribution in [0.1, 0.15) is 10.5 Å². The van der Waals surface area contributed by atoms with Crippen LogP contribution in [0.4, 0.5) is 5.69 Å². The highest BCUT2D eigenvalue weighted by molar-refractivity contribution is 9.10. The Labute approximate surface area is 129 Å². The number of halogens is 1. The van der Waals surface area contributed by atoms with Crippen molar-refractivity contribution in [2.45, 2.75) is 0 Å². The van der Waals surface area contributed by atoms with E-state index in [1.165, 1.54) is 0 Å². The first-order valence-electron chi connectivity index (χ1n) is 6.11. The number of amides is 1. The Kier molecular flexibility index (Phi) is 3.74. The molecule has 2 heterocycles. The van der Waals surface area contributed by atoms with Gasteiger partial charge in [0.15, 0.2) is 0 Å². The Morgan fingerprint density at radius 2 is 1.95 bits per heavy atom. The second-order valence-electron chi connectivity index (χ2n) is 4.21. The van der Waals surface area contributed by atoms with Crippen molar-refractivity contribution in [3.63, 3.8) is 0 Å². The first-order valence-corrected chi connectivity index (χ1v) is 6.90.